The highest BCUT2D eigenvalue weighted by Crippen LogP contribution is 2.14. The van der Waals surface area contributed by atoms with Crippen molar-refractivity contribution >= 4 is 23.0 Å². The van der Waals surface area contributed by atoms with Crippen LogP contribution in [0.15, 0.2) is 24.3 Å². The van der Waals surface area contributed by atoms with E-state index in [0.717, 1.165) is 18.0 Å². The van der Waals surface area contributed by atoms with Crippen LogP contribution in [0.25, 0.3) is 0 Å². The number of hydrogen-bond acceptors (Lipinski definition) is 3. The van der Waals surface area contributed by atoms with Crippen LogP contribution in [-0.2, 0) is 4.74 Å². The zero-order valence-electron chi connectivity index (χ0n) is 10.2. The maximum Gasteiger partial charge on any atom is 0.170 e. The summed E-state index contributed by atoms with van der Waals surface area (Å²) in [5.74, 6) is 0.825. The molecule has 0 unspecified atom stereocenters. The Morgan fingerprint density at radius 3 is 2.59 bits per heavy atom. The predicted octanol–water partition coefficient (Wildman–Crippen LogP) is 2.02. The molecule has 1 aromatic carbocycles. The van der Waals surface area contributed by atoms with Crippen molar-refractivity contribution in [3.63, 3.8) is 0 Å². The highest BCUT2D eigenvalue weighted by atomic mass is 32.1. The highest BCUT2D eigenvalue weighted by Gasteiger charge is 1.97. The topological polar surface area (TPSA) is 42.5 Å². The molecule has 4 nitrogen and oxygen atoms in total. The number of thiocarbonyl (C=S) groups is 1. The van der Waals surface area contributed by atoms with Gasteiger partial charge in [-0.25, -0.2) is 0 Å². The van der Waals surface area contributed by atoms with Crippen LogP contribution in [0, 0.1) is 0 Å². The molecular formula is C12H18N2O2S. The van der Waals surface area contributed by atoms with E-state index in [1.165, 1.54) is 0 Å². The van der Waals surface area contributed by atoms with E-state index in [4.69, 9.17) is 21.7 Å². The summed E-state index contributed by atoms with van der Waals surface area (Å²) in [5.41, 5.74) is 0.930. The largest absolute Gasteiger partial charge is 0.497 e. The van der Waals surface area contributed by atoms with Crippen molar-refractivity contribution in [1.29, 1.82) is 0 Å². The van der Waals surface area contributed by atoms with E-state index >= 15 is 0 Å². The van der Waals surface area contributed by atoms with Crippen molar-refractivity contribution < 1.29 is 9.47 Å². The zero-order valence-corrected chi connectivity index (χ0v) is 11.0. The van der Waals surface area contributed by atoms with Gasteiger partial charge in [0.15, 0.2) is 5.11 Å². The van der Waals surface area contributed by atoms with E-state index in [1.54, 1.807) is 7.11 Å². The van der Waals surface area contributed by atoms with Crippen molar-refractivity contribution in [3.8, 4) is 5.75 Å². The average molecular weight is 254 g/mol. The fraction of sp³-hybridized carbons (Fsp3) is 0.417. The van der Waals surface area contributed by atoms with E-state index < -0.39 is 0 Å². The van der Waals surface area contributed by atoms with E-state index in [1.807, 2.05) is 31.2 Å². The molecule has 0 fully saturated rings. The summed E-state index contributed by atoms with van der Waals surface area (Å²) in [6.45, 7) is 4.05. The molecule has 0 aliphatic heterocycles. The van der Waals surface area contributed by atoms with Crippen LogP contribution in [0.3, 0.4) is 0 Å². The number of benzene rings is 1. The van der Waals surface area contributed by atoms with Gasteiger partial charge >= 0.3 is 0 Å². The van der Waals surface area contributed by atoms with Gasteiger partial charge in [-0.3, -0.25) is 0 Å². The first kappa shape index (κ1) is 13.7. The highest BCUT2D eigenvalue weighted by molar-refractivity contribution is 7.80. The molecule has 0 saturated carbocycles. The molecule has 1 aromatic rings. The third-order valence-electron chi connectivity index (χ3n) is 2.08. The molecule has 5 heteroatoms. The maximum absolute atomic E-state index is 5.20. The molecule has 17 heavy (non-hydrogen) atoms. The maximum atomic E-state index is 5.20. The van der Waals surface area contributed by atoms with Crippen molar-refractivity contribution in [2.45, 2.75) is 6.92 Å². The lowest BCUT2D eigenvalue weighted by Crippen LogP contribution is -2.31. The molecule has 0 amide bonds. The molecule has 1 rings (SSSR count). The molecule has 0 aliphatic rings. The van der Waals surface area contributed by atoms with Crippen molar-refractivity contribution in [3.05, 3.63) is 24.3 Å². The molecule has 0 saturated heterocycles. The monoisotopic (exact) mass is 254 g/mol. The van der Waals surface area contributed by atoms with Crippen LogP contribution in [0.2, 0.25) is 0 Å². The Balaban J connectivity index is 2.29. The fourth-order valence-electron chi connectivity index (χ4n) is 1.23. The standard InChI is InChI=1S/C12H18N2O2S/c1-3-16-9-8-13-12(17)14-10-4-6-11(15-2)7-5-10/h4-7H,3,8-9H2,1-2H3,(H2,13,14,17). The normalized spacial score (nSPS) is 9.76. The van der Waals surface area contributed by atoms with Crippen LogP contribution in [-0.4, -0.2) is 32.0 Å². The van der Waals surface area contributed by atoms with Crippen LogP contribution in [0.1, 0.15) is 6.92 Å². The van der Waals surface area contributed by atoms with Gasteiger partial charge in [-0.1, -0.05) is 0 Å². The van der Waals surface area contributed by atoms with Gasteiger partial charge in [-0.05, 0) is 43.4 Å². The minimum absolute atomic E-state index is 0.592. The van der Waals surface area contributed by atoms with Crippen molar-refractivity contribution in [1.82, 2.24) is 5.32 Å². The quantitative estimate of drug-likeness (QED) is 0.600. The molecule has 2 N–H and O–H groups in total. The van der Waals surface area contributed by atoms with Crippen LogP contribution >= 0.6 is 12.2 Å². The average Bonchev–Trinajstić information content (AvgIpc) is 2.36. The number of hydrogen-bond donors (Lipinski definition) is 2. The molecule has 94 valence electrons. The summed E-state index contributed by atoms with van der Waals surface area (Å²) in [4.78, 5) is 0. The number of nitrogens with one attached hydrogen (secondary N) is 2. The van der Waals surface area contributed by atoms with Gasteiger partial charge in [-0.2, -0.15) is 0 Å². The smallest absolute Gasteiger partial charge is 0.170 e. The Morgan fingerprint density at radius 1 is 1.29 bits per heavy atom. The van der Waals surface area contributed by atoms with Crippen LogP contribution < -0.4 is 15.4 Å². The molecule has 0 heterocycles. The second-order valence-corrected chi connectivity index (χ2v) is 3.71. The molecule has 0 atom stereocenters. The van der Waals surface area contributed by atoms with Gasteiger partial charge in [-0.15, -0.1) is 0 Å². The molecular weight excluding hydrogens is 236 g/mol. The Labute approximate surface area is 107 Å². The van der Waals surface area contributed by atoms with Crippen LogP contribution in [0.5, 0.6) is 5.75 Å². The molecule has 0 aromatic heterocycles. The molecule has 0 aliphatic carbocycles. The number of anilines is 1. The summed E-state index contributed by atoms with van der Waals surface area (Å²) in [6, 6.07) is 7.58. The first-order valence-electron chi connectivity index (χ1n) is 5.53. The molecule has 0 bridgehead atoms. The van der Waals surface area contributed by atoms with Gasteiger partial charge < -0.3 is 20.1 Å². The lowest BCUT2D eigenvalue weighted by atomic mass is 10.3. The lowest BCUT2D eigenvalue weighted by Gasteiger charge is -2.10. The SMILES string of the molecule is CCOCCNC(=S)Nc1ccc(OC)cc1. The van der Waals surface area contributed by atoms with E-state index in [2.05, 4.69) is 10.6 Å². The Morgan fingerprint density at radius 2 is 2.00 bits per heavy atom. The van der Waals surface area contributed by atoms with Gasteiger partial charge in [0.05, 0.1) is 13.7 Å². The second kappa shape index (κ2) is 7.86. The Bertz CT molecular complexity index is 341. The van der Waals surface area contributed by atoms with E-state index in [0.29, 0.717) is 18.3 Å². The third kappa shape index (κ3) is 5.51. The number of ether oxygens (including phenoxy) is 2. The van der Waals surface area contributed by atoms with Crippen LogP contribution in [0.4, 0.5) is 5.69 Å². The summed E-state index contributed by atoms with van der Waals surface area (Å²) in [7, 11) is 1.64. The van der Waals surface area contributed by atoms with Crippen molar-refractivity contribution in [2.75, 3.05) is 32.2 Å². The van der Waals surface area contributed by atoms with Gasteiger partial charge in [0.1, 0.15) is 5.75 Å². The zero-order chi connectivity index (χ0) is 12.5. The summed E-state index contributed by atoms with van der Waals surface area (Å²) in [5, 5.41) is 6.73. The Hall–Kier alpha value is -1.33. The minimum Gasteiger partial charge on any atom is -0.497 e. The first-order valence-corrected chi connectivity index (χ1v) is 5.93. The minimum atomic E-state index is 0.592. The summed E-state index contributed by atoms with van der Waals surface area (Å²) < 4.78 is 10.3. The third-order valence-corrected chi connectivity index (χ3v) is 2.33. The molecule has 0 spiro atoms. The lowest BCUT2D eigenvalue weighted by molar-refractivity contribution is 0.152. The van der Waals surface area contributed by atoms with E-state index in [-0.39, 0.29) is 0 Å². The number of methoxy groups -OCH3 is 1. The fourth-order valence-corrected chi connectivity index (χ4v) is 1.45. The van der Waals surface area contributed by atoms with Gasteiger partial charge in [0, 0.05) is 18.8 Å². The first-order chi connectivity index (χ1) is 8.26. The summed E-state index contributed by atoms with van der Waals surface area (Å²) in [6.07, 6.45) is 0. The summed E-state index contributed by atoms with van der Waals surface area (Å²) >= 11 is 5.14. The molecule has 0 radical (unpaired) electrons. The Kier molecular flexibility index (Phi) is 6.35. The predicted molar refractivity (Wildman–Crippen MR) is 73.7 cm³/mol. The number of rotatable bonds is 6. The second-order valence-electron chi connectivity index (χ2n) is 3.31. The van der Waals surface area contributed by atoms with Gasteiger partial charge in [0.2, 0.25) is 0 Å². The van der Waals surface area contributed by atoms with Gasteiger partial charge in [0.25, 0.3) is 0 Å². The van der Waals surface area contributed by atoms with Crippen molar-refractivity contribution in [2.24, 2.45) is 0 Å². The van der Waals surface area contributed by atoms with E-state index in [9.17, 15) is 0 Å².